The third kappa shape index (κ3) is 3.47. The van der Waals surface area contributed by atoms with Crippen LogP contribution in [0.5, 0.6) is 0 Å². The Kier molecular flexibility index (Phi) is 4.81. The van der Waals surface area contributed by atoms with E-state index in [1.54, 1.807) is 16.9 Å². The summed E-state index contributed by atoms with van der Waals surface area (Å²) in [6.07, 6.45) is 5.09. The Hall–Kier alpha value is -4.28. The van der Waals surface area contributed by atoms with Gasteiger partial charge in [-0.3, -0.25) is 9.59 Å². The Morgan fingerprint density at radius 3 is 2.97 bits per heavy atom. The van der Waals surface area contributed by atoms with Gasteiger partial charge in [0.15, 0.2) is 17.8 Å². The molecule has 33 heavy (non-hydrogen) atoms. The molecule has 0 spiro atoms. The zero-order valence-corrected chi connectivity index (χ0v) is 18.2. The summed E-state index contributed by atoms with van der Waals surface area (Å²) in [6, 6.07) is 5.71. The van der Waals surface area contributed by atoms with Crippen LogP contribution < -0.4 is 20.9 Å². The van der Waals surface area contributed by atoms with E-state index in [9.17, 15) is 9.59 Å². The Labute approximate surface area is 189 Å². The Bertz CT molecular complexity index is 1310. The topological polar surface area (TPSA) is 140 Å². The van der Waals surface area contributed by atoms with Crippen molar-refractivity contribution in [3.05, 3.63) is 47.4 Å². The first-order chi connectivity index (χ1) is 15.9. The van der Waals surface area contributed by atoms with Crippen LogP contribution in [0.25, 0.3) is 5.65 Å². The number of nitrogens with zero attached hydrogens (tertiary/aromatic N) is 5. The number of aldehydes is 1. The van der Waals surface area contributed by atoms with E-state index in [-0.39, 0.29) is 5.91 Å². The Balaban J connectivity index is 1.44. The molecule has 4 N–H and O–H groups in total. The average Bonchev–Trinajstić information content (AvgIpc) is 3.31. The Morgan fingerprint density at radius 2 is 2.18 bits per heavy atom. The number of carbonyl (C=O) groups is 2. The lowest BCUT2D eigenvalue weighted by atomic mass is 9.86. The zero-order chi connectivity index (χ0) is 23.2. The van der Waals surface area contributed by atoms with Crippen LogP contribution >= 0.6 is 0 Å². The normalized spacial score (nSPS) is 18.4. The van der Waals surface area contributed by atoms with E-state index in [4.69, 9.17) is 5.41 Å². The molecule has 1 amide bonds. The molecule has 2 aliphatic heterocycles. The van der Waals surface area contributed by atoms with Gasteiger partial charge in [0, 0.05) is 48.8 Å². The van der Waals surface area contributed by atoms with Crippen molar-refractivity contribution in [1.82, 2.24) is 24.9 Å². The second-order valence-electron chi connectivity index (χ2n) is 8.46. The summed E-state index contributed by atoms with van der Waals surface area (Å²) in [5, 5.41) is 21.3. The number of anilines is 4. The molecule has 4 heterocycles. The van der Waals surface area contributed by atoms with Crippen molar-refractivity contribution in [2.75, 3.05) is 35.2 Å². The molecule has 3 aromatic rings. The van der Waals surface area contributed by atoms with Gasteiger partial charge in [0.05, 0.1) is 17.5 Å². The van der Waals surface area contributed by atoms with Gasteiger partial charge in [-0.15, -0.1) is 5.10 Å². The average molecular weight is 445 g/mol. The highest BCUT2D eigenvalue weighted by Gasteiger charge is 2.38. The predicted molar refractivity (Wildman–Crippen MR) is 124 cm³/mol. The van der Waals surface area contributed by atoms with Gasteiger partial charge in [-0.05, 0) is 31.5 Å². The van der Waals surface area contributed by atoms with E-state index in [2.05, 4.69) is 31.0 Å². The predicted octanol–water partition coefficient (Wildman–Crippen LogP) is 1.61. The minimum Gasteiger partial charge on any atom is -0.384 e. The van der Waals surface area contributed by atoms with Crippen molar-refractivity contribution in [1.29, 1.82) is 5.41 Å². The maximum atomic E-state index is 12.2. The number of rotatable bonds is 5. The molecule has 1 fully saturated rings. The molecule has 5 rings (SSSR count). The maximum Gasteiger partial charge on any atom is 0.247 e. The largest absolute Gasteiger partial charge is 0.384 e. The molecule has 2 aliphatic rings. The summed E-state index contributed by atoms with van der Waals surface area (Å²) in [6.45, 7) is 5.48. The van der Waals surface area contributed by atoms with Gasteiger partial charge in [-0.25, -0.2) is 9.50 Å². The maximum absolute atomic E-state index is 12.2. The third-order valence-electron chi connectivity index (χ3n) is 6.00. The smallest absolute Gasteiger partial charge is 0.247 e. The Morgan fingerprint density at radius 1 is 1.33 bits per heavy atom. The first-order valence-electron chi connectivity index (χ1n) is 10.5. The van der Waals surface area contributed by atoms with Gasteiger partial charge in [-0.1, -0.05) is 6.07 Å². The van der Waals surface area contributed by atoms with E-state index in [1.807, 2.05) is 36.9 Å². The van der Waals surface area contributed by atoms with Crippen LogP contribution in [0.2, 0.25) is 0 Å². The second-order valence-corrected chi connectivity index (χ2v) is 8.46. The molecule has 11 heteroatoms. The fourth-order valence-electron chi connectivity index (χ4n) is 4.11. The quantitative estimate of drug-likeness (QED) is 0.264. The summed E-state index contributed by atoms with van der Waals surface area (Å²) in [5.74, 6) is 1.00. The monoisotopic (exact) mass is 445 g/mol. The van der Waals surface area contributed by atoms with Crippen molar-refractivity contribution < 1.29 is 9.59 Å². The van der Waals surface area contributed by atoms with Gasteiger partial charge in [-0.2, -0.15) is 4.98 Å². The second kappa shape index (κ2) is 7.69. The highest BCUT2D eigenvalue weighted by atomic mass is 16.2. The minimum atomic E-state index is -0.562. The van der Waals surface area contributed by atoms with Crippen LogP contribution in [0.3, 0.4) is 0 Å². The molecule has 0 radical (unpaired) electrons. The van der Waals surface area contributed by atoms with Crippen molar-refractivity contribution in [2.24, 2.45) is 0 Å². The van der Waals surface area contributed by atoms with Crippen molar-refractivity contribution in [3.63, 3.8) is 0 Å². The van der Waals surface area contributed by atoms with E-state index in [1.165, 1.54) is 0 Å². The fraction of sp³-hybridized carbons (Fsp3) is 0.273. The number of fused-ring (bicyclic) bond motifs is 2. The number of nitrogens with one attached hydrogen (secondary N) is 4. The van der Waals surface area contributed by atoms with Gasteiger partial charge in [0.2, 0.25) is 11.9 Å². The molecule has 1 saturated heterocycles. The molecular weight excluding hydrogens is 422 g/mol. The number of hydrogen-bond acceptors (Lipinski definition) is 9. The highest BCUT2D eigenvalue weighted by molar-refractivity contribution is 6.06. The fourth-order valence-corrected chi connectivity index (χ4v) is 4.11. The van der Waals surface area contributed by atoms with Gasteiger partial charge in [0.25, 0.3) is 0 Å². The summed E-state index contributed by atoms with van der Waals surface area (Å²) in [7, 11) is 0. The van der Waals surface area contributed by atoms with Crippen LogP contribution in [-0.2, 0) is 15.0 Å². The molecular formula is C22H23N9O2. The summed E-state index contributed by atoms with van der Waals surface area (Å²) < 4.78 is 1.64. The van der Waals surface area contributed by atoms with Gasteiger partial charge >= 0.3 is 0 Å². The minimum absolute atomic E-state index is 0.0265. The number of benzene rings is 1. The summed E-state index contributed by atoms with van der Waals surface area (Å²) >= 11 is 0. The lowest BCUT2D eigenvalue weighted by Crippen LogP contribution is -2.43. The zero-order valence-electron chi connectivity index (χ0n) is 18.2. The first kappa shape index (κ1) is 20.6. The lowest BCUT2D eigenvalue weighted by molar-refractivity contribution is -0.119. The molecule has 0 atom stereocenters. The van der Waals surface area contributed by atoms with Crippen LogP contribution in [-0.4, -0.2) is 57.6 Å². The number of amides is 1. The van der Waals surface area contributed by atoms with Crippen LogP contribution in [0, 0.1) is 5.41 Å². The molecule has 0 saturated carbocycles. The lowest BCUT2D eigenvalue weighted by Gasteiger charge is -2.31. The van der Waals surface area contributed by atoms with Crippen molar-refractivity contribution >= 4 is 47.2 Å². The molecule has 168 valence electrons. The number of hydrogen-bond donors (Lipinski definition) is 4. The molecule has 2 aromatic heterocycles. The molecule has 0 aliphatic carbocycles. The highest BCUT2D eigenvalue weighted by Crippen LogP contribution is 2.39. The summed E-state index contributed by atoms with van der Waals surface area (Å²) in [4.78, 5) is 34.6. The number of aromatic nitrogens is 4. The SMILES string of the molecule is CC1(C)C(=O)Nc2cc(Nc3nc4c(N5CCN/C(=C(\C=N)C=O)C5)nccn4n3)ccc21. The van der Waals surface area contributed by atoms with Crippen LogP contribution in [0.1, 0.15) is 19.4 Å². The first-order valence-corrected chi connectivity index (χ1v) is 10.5. The molecule has 11 nitrogen and oxygen atoms in total. The van der Waals surface area contributed by atoms with Crippen molar-refractivity contribution in [2.45, 2.75) is 19.3 Å². The summed E-state index contributed by atoms with van der Waals surface area (Å²) in [5.41, 5.74) is 3.48. The van der Waals surface area contributed by atoms with E-state index in [0.29, 0.717) is 54.6 Å². The van der Waals surface area contributed by atoms with Crippen LogP contribution in [0.4, 0.5) is 23.1 Å². The van der Waals surface area contributed by atoms with Gasteiger partial charge in [0.1, 0.15) is 0 Å². The third-order valence-corrected chi connectivity index (χ3v) is 6.00. The molecule has 1 aromatic carbocycles. The standard InChI is InChI=1S/C22H23N9O2/c1-22(2)15-4-3-14(9-16(15)27-20(22)33)26-21-28-19-18(25-6-8-31(19)29-21)30-7-5-24-17(11-30)13(10-23)12-32/h3-4,6,8-10,12,23-24H,5,7,11H2,1-2H3,(H,26,29)(H,27,33)/b17-13+,23-10?. The van der Waals surface area contributed by atoms with E-state index >= 15 is 0 Å². The van der Waals surface area contributed by atoms with E-state index in [0.717, 1.165) is 23.2 Å². The molecule has 0 unspecified atom stereocenters. The van der Waals surface area contributed by atoms with Crippen LogP contribution in [0.15, 0.2) is 41.9 Å². The van der Waals surface area contributed by atoms with E-state index < -0.39 is 5.41 Å². The van der Waals surface area contributed by atoms with Crippen molar-refractivity contribution in [3.8, 4) is 0 Å². The molecule has 0 bridgehead atoms. The number of carbonyl (C=O) groups excluding carboxylic acids is 2. The van der Waals surface area contributed by atoms with Gasteiger partial charge < -0.3 is 26.3 Å². The number of piperazine rings is 1. The number of allylic oxidation sites excluding steroid dienone is 1.